The topological polar surface area (TPSA) is 125 Å². The van der Waals surface area contributed by atoms with Crippen molar-refractivity contribution in [1.29, 1.82) is 0 Å². The van der Waals surface area contributed by atoms with Crippen molar-refractivity contribution in [3.8, 4) is 0 Å². The molecular formula is C30H36Cl2FN5O4. The quantitative estimate of drug-likeness (QED) is 0.346. The van der Waals surface area contributed by atoms with Crippen LogP contribution in [0, 0.1) is 5.82 Å². The molecule has 0 radical (unpaired) electrons. The van der Waals surface area contributed by atoms with Crippen LogP contribution in [0.1, 0.15) is 56.1 Å². The molecule has 1 heterocycles. The van der Waals surface area contributed by atoms with Crippen molar-refractivity contribution in [2.45, 2.75) is 76.0 Å². The molecule has 2 aromatic rings. The minimum absolute atomic E-state index is 0.00630. The van der Waals surface area contributed by atoms with Gasteiger partial charge in [-0.2, -0.15) is 0 Å². The van der Waals surface area contributed by atoms with Crippen LogP contribution in [0.5, 0.6) is 0 Å². The number of hydrogen-bond donors (Lipinski definition) is 3. The number of hydrogen-bond acceptors (Lipinski definition) is 5. The number of rotatable bonds is 10. The van der Waals surface area contributed by atoms with E-state index in [1.807, 2.05) is 24.3 Å². The Balaban J connectivity index is 1.47. The summed E-state index contributed by atoms with van der Waals surface area (Å²) in [6.07, 6.45) is 4.44. The maximum atomic E-state index is 14.6. The largest absolute Gasteiger partial charge is 0.343 e. The van der Waals surface area contributed by atoms with Gasteiger partial charge in [0, 0.05) is 38.9 Å². The molecule has 0 aromatic heterocycles. The first-order valence-electron chi connectivity index (χ1n) is 14.2. The first-order valence-corrected chi connectivity index (χ1v) is 14.9. The average molecular weight is 621 g/mol. The molecule has 0 saturated heterocycles. The zero-order valence-electron chi connectivity index (χ0n) is 23.5. The molecule has 12 heteroatoms. The monoisotopic (exact) mass is 619 g/mol. The minimum Gasteiger partial charge on any atom is -0.343 e. The van der Waals surface area contributed by atoms with Gasteiger partial charge in [-0.05, 0) is 49.1 Å². The number of fused-ring (bicyclic) bond motifs is 1. The zero-order valence-corrected chi connectivity index (χ0v) is 25.0. The predicted octanol–water partition coefficient (Wildman–Crippen LogP) is 4.04. The third kappa shape index (κ3) is 7.40. The summed E-state index contributed by atoms with van der Waals surface area (Å²) in [6, 6.07) is 8.33. The van der Waals surface area contributed by atoms with Crippen molar-refractivity contribution >= 4 is 52.5 Å². The highest BCUT2D eigenvalue weighted by atomic mass is 35.5. The summed E-state index contributed by atoms with van der Waals surface area (Å²) in [5.74, 6) is -2.56. The highest BCUT2D eigenvalue weighted by Crippen LogP contribution is 2.30. The van der Waals surface area contributed by atoms with Crippen LogP contribution in [0.2, 0.25) is 10.0 Å². The second-order valence-electron chi connectivity index (χ2n) is 10.8. The number of halogens is 3. The van der Waals surface area contributed by atoms with E-state index in [2.05, 4.69) is 10.6 Å². The fourth-order valence-corrected chi connectivity index (χ4v) is 5.90. The van der Waals surface area contributed by atoms with E-state index in [1.54, 1.807) is 11.9 Å². The Kier molecular flexibility index (Phi) is 10.8. The number of amides is 4. The van der Waals surface area contributed by atoms with Gasteiger partial charge < -0.3 is 26.2 Å². The Labute approximate surface area is 254 Å². The van der Waals surface area contributed by atoms with E-state index in [9.17, 15) is 23.6 Å². The van der Waals surface area contributed by atoms with Crippen LogP contribution in [0.15, 0.2) is 36.4 Å². The summed E-state index contributed by atoms with van der Waals surface area (Å²) in [5.41, 5.74) is 7.35. The molecule has 0 spiro atoms. The fraction of sp³-hybridized carbons (Fsp3) is 0.467. The van der Waals surface area contributed by atoms with E-state index in [0.717, 1.165) is 36.8 Å². The van der Waals surface area contributed by atoms with E-state index >= 15 is 0 Å². The number of nitrogens with zero attached hydrogens (tertiary/aromatic N) is 2. The fourth-order valence-electron chi connectivity index (χ4n) is 5.59. The van der Waals surface area contributed by atoms with E-state index in [-0.39, 0.29) is 72.4 Å². The van der Waals surface area contributed by atoms with Crippen LogP contribution in [-0.2, 0) is 32.1 Å². The Bertz CT molecular complexity index is 1340. The Morgan fingerprint density at radius 1 is 1.07 bits per heavy atom. The van der Waals surface area contributed by atoms with Gasteiger partial charge in [0.1, 0.15) is 12.1 Å². The van der Waals surface area contributed by atoms with E-state index in [0.29, 0.717) is 0 Å². The predicted molar refractivity (Wildman–Crippen MR) is 159 cm³/mol. The lowest BCUT2D eigenvalue weighted by molar-refractivity contribution is -0.144. The molecule has 4 N–H and O–H groups in total. The lowest BCUT2D eigenvalue weighted by Gasteiger charge is -2.37. The maximum Gasteiger partial charge on any atom is 0.247 e. The average Bonchev–Trinajstić information content (AvgIpc) is 3.53. The first kappa shape index (κ1) is 31.7. The second kappa shape index (κ2) is 14.3. The highest BCUT2D eigenvalue weighted by Gasteiger charge is 2.36. The molecule has 4 amide bonds. The summed E-state index contributed by atoms with van der Waals surface area (Å²) in [5, 5.41) is 4.80. The summed E-state index contributed by atoms with van der Waals surface area (Å²) < 4.78 is 14.6. The lowest BCUT2D eigenvalue weighted by atomic mass is 9.92. The zero-order chi connectivity index (χ0) is 30.4. The standard InChI is InChI=1S/C30H36Cl2FN5O4/c1-37(20-8-4-5-9-20)25(39)12-13-26(40)38-17-19-7-3-2-6-18(19)16-24(38)30(42)36-23(14-15-34)29(41)35-22-11-10-21(31)27(32)28(22)33/h2-3,6-7,10-11,20,23-24H,4-5,8-9,12-17,34H2,1H3,(H,35,41)(H,36,42)/t23-,24-/m0/s1. The Morgan fingerprint density at radius 2 is 1.76 bits per heavy atom. The van der Waals surface area contributed by atoms with Gasteiger partial charge in [0.2, 0.25) is 23.6 Å². The van der Waals surface area contributed by atoms with Gasteiger partial charge in [-0.1, -0.05) is 60.3 Å². The molecule has 226 valence electrons. The minimum atomic E-state index is -1.10. The number of carbonyl (C=O) groups excluding carboxylic acids is 4. The first-order chi connectivity index (χ1) is 20.1. The van der Waals surface area contributed by atoms with Crippen LogP contribution in [0.3, 0.4) is 0 Å². The number of anilines is 1. The Hall–Kier alpha value is -3.21. The summed E-state index contributed by atoms with van der Waals surface area (Å²) in [6.45, 7) is 0.261. The molecule has 42 heavy (non-hydrogen) atoms. The summed E-state index contributed by atoms with van der Waals surface area (Å²) >= 11 is 11.7. The van der Waals surface area contributed by atoms with Crippen LogP contribution in [0.25, 0.3) is 0 Å². The van der Waals surface area contributed by atoms with Gasteiger partial charge in [-0.3, -0.25) is 19.2 Å². The summed E-state index contributed by atoms with van der Waals surface area (Å²) in [4.78, 5) is 56.2. The van der Waals surface area contributed by atoms with Crippen molar-refractivity contribution in [2.75, 3.05) is 18.9 Å². The van der Waals surface area contributed by atoms with Crippen LogP contribution >= 0.6 is 23.2 Å². The lowest BCUT2D eigenvalue weighted by Crippen LogP contribution is -2.56. The van der Waals surface area contributed by atoms with Crippen LogP contribution < -0.4 is 16.4 Å². The van der Waals surface area contributed by atoms with Gasteiger partial charge in [0.25, 0.3) is 0 Å². The van der Waals surface area contributed by atoms with E-state index in [4.69, 9.17) is 28.9 Å². The third-order valence-electron chi connectivity index (χ3n) is 8.07. The van der Waals surface area contributed by atoms with E-state index < -0.39 is 29.7 Å². The van der Waals surface area contributed by atoms with Crippen molar-refractivity contribution in [1.82, 2.24) is 15.1 Å². The molecule has 0 bridgehead atoms. The molecule has 2 aromatic carbocycles. The van der Waals surface area contributed by atoms with Crippen LogP contribution in [0.4, 0.5) is 10.1 Å². The van der Waals surface area contributed by atoms with Gasteiger partial charge in [0.05, 0.1) is 15.7 Å². The molecule has 4 rings (SSSR count). The number of nitrogens with two attached hydrogens (primary N) is 1. The number of nitrogens with one attached hydrogen (secondary N) is 2. The van der Waals surface area contributed by atoms with Crippen molar-refractivity contribution < 1.29 is 23.6 Å². The molecular weight excluding hydrogens is 584 g/mol. The van der Waals surface area contributed by atoms with Gasteiger partial charge in [-0.15, -0.1) is 0 Å². The Morgan fingerprint density at radius 3 is 2.45 bits per heavy atom. The molecule has 1 saturated carbocycles. The maximum absolute atomic E-state index is 14.6. The smallest absolute Gasteiger partial charge is 0.247 e. The summed E-state index contributed by atoms with van der Waals surface area (Å²) in [7, 11) is 1.78. The van der Waals surface area contributed by atoms with Gasteiger partial charge in [0.15, 0.2) is 5.82 Å². The van der Waals surface area contributed by atoms with Crippen molar-refractivity contribution in [3.05, 3.63) is 63.4 Å². The molecule has 0 unspecified atom stereocenters. The molecule has 2 atom stereocenters. The van der Waals surface area contributed by atoms with Crippen molar-refractivity contribution in [2.24, 2.45) is 5.73 Å². The number of carbonyl (C=O) groups is 4. The SMILES string of the molecule is CN(C(=O)CCC(=O)N1Cc2ccccc2C[C@H]1C(=O)N[C@@H](CCN)C(=O)Nc1ccc(Cl)c(Cl)c1F)C1CCCC1. The molecule has 2 aliphatic rings. The normalized spacial score (nSPS) is 17.4. The van der Waals surface area contributed by atoms with Gasteiger partial charge >= 0.3 is 0 Å². The molecule has 1 aliphatic carbocycles. The molecule has 9 nitrogen and oxygen atoms in total. The number of benzene rings is 2. The van der Waals surface area contributed by atoms with E-state index in [1.165, 1.54) is 17.0 Å². The molecule has 1 aliphatic heterocycles. The highest BCUT2D eigenvalue weighted by molar-refractivity contribution is 6.42. The van der Waals surface area contributed by atoms with Crippen LogP contribution in [-0.4, -0.2) is 65.1 Å². The second-order valence-corrected chi connectivity index (χ2v) is 11.6. The van der Waals surface area contributed by atoms with Crippen molar-refractivity contribution in [3.63, 3.8) is 0 Å². The molecule has 1 fully saturated rings. The van der Waals surface area contributed by atoms with Gasteiger partial charge in [-0.25, -0.2) is 4.39 Å². The third-order valence-corrected chi connectivity index (χ3v) is 8.85.